The molecule has 22 heavy (non-hydrogen) atoms. The molecule has 9 nitrogen and oxygen atoms in total. The summed E-state index contributed by atoms with van der Waals surface area (Å²) in [6.07, 6.45) is 0.812. The van der Waals surface area contributed by atoms with Crippen molar-refractivity contribution in [3.63, 3.8) is 0 Å². The molecule has 2 heterocycles. The summed E-state index contributed by atoms with van der Waals surface area (Å²) in [5, 5.41) is 13.2. The Labute approximate surface area is 129 Å². The van der Waals surface area contributed by atoms with Crippen molar-refractivity contribution in [1.29, 1.82) is 0 Å². The highest BCUT2D eigenvalue weighted by Crippen LogP contribution is 2.28. The maximum Gasteiger partial charge on any atom is 0.270 e. The number of nitrogens with one attached hydrogen (secondary N) is 1. The maximum atomic E-state index is 12.7. The Morgan fingerprint density at radius 2 is 2.05 bits per heavy atom. The number of hydrogen-bond donors (Lipinski definition) is 1. The van der Waals surface area contributed by atoms with Crippen LogP contribution in [0.2, 0.25) is 0 Å². The normalized spacial score (nSPS) is 17.4. The quantitative estimate of drug-likeness (QED) is 0.807. The van der Waals surface area contributed by atoms with Crippen LogP contribution in [0.1, 0.15) is 33.6 Å². The van der Waals surface area contributed by atoms with Gasteiger partial charge in [0.05, 0.1) is 11.8 Å². The SMILES string of the molecule is CCn1nnc(NC(=O)C(C)(C)S(=O)(=O)C2CCOCC2)n1. The molecule has 0 atom stereocenters. The lowest BCUT2D eigenvalue weighted by Gasteiger charge is -2.30. The van der Waals surface area contributed by atoms with Crippen molar-refractivity contribution >= 4 is 21.7 Å². The van der Waals surface area contributed by atoms with Crippen molar-refractivity contribution in [2.45, 2.75) is 50.2 Å². The first kappa shape index (κ1) is 16.8. The Morgan fingerprint density at radius 1 is 1.41 bits per heavy atom. The number of ether oxygens (including phenoxy) is 1. The summed E-state index contributed by atoms with van der Waals surface area (Å²) < 4.78 is 29.1. The molecule has 1 saturated heterocycles. The van der Waals surface area contributed by atoms with Crippen molar-refractivity contribution in [2.75, 3.05) is 18.5 Å². The number of aryl methyl sites for hydroxylation is 1. The molecule has 1 N–H and O–H groups in total. The van der Waals surface area contributed by atoms with E-state index in [1.807, 2.05) is 6.92 Å². The van der Waals surface area contributed by atoms with Crippen LogP contribution in [0.4, 0.5) is 5.95 Å². The Hall–Kier alpha value is -1.55. The molecule has 0 bridgehead atoms. The van der Waals surface area contributed by atoms with Crippen LogP contribution in [0.25, 0.3) is 0 Å². The third kappa shape index (κ3) is 3.12. The van der Waals surface area contributed by atoms with Crippen LogP contribution in [0.3, 0.4) is 0 Å². The number of rotatable bonds is 5. The minimum absolute atomic E-state index is 0.00195. The molecule has 0 radical (unpaired) electrons. The summed E-state index contributed by atoms with van der Waals surface area (Å²) in [6, 6.07) is 0. The van der Waals surface area contributed by atoms with Crippen molar-refractivity contribution in [3.8, 4) is 0 Å². The first-order valence-corrected chi connectivity index (χ1v) is 8.74. The zero-order valence-corrected chi connectivity index (χ0v) is 13.8. The standard InChI is InChI=1S/C12H21N5O4S/c1-4-17-15-11(14-16-17)13-10(18)12(2,3)22(19,20)9-5-7-21-8-6-9/h9H,4-8H2,1-3H3,(H,13,15,18). The average Bonchev–Trinajstić information content (AvgIpc) is 2.95. The largest absolute Gasteiger partial charge is 0.381 e. The number of nitrogens with zero attached hydrogens (tertiary/aromatic N) is 4. The molecule has 0 aliphatic carbocycles. The van der Waals surface area contributed by atoms with Gasteiger partial charge in [-0.2, -0.15) is 4.80 Å². The monoisotopic (exact) mass is 331 g/mol. The summed E-state index contributed by atoms with van der Waals surface area (Å²) in [6.45, 7) is 5.93. The minimum atomic E-state index is -3.65. The van der Waals surface area contributed by atoms with E-state index in [-0.39, 0.29) is 5.95 Å². The number of carbonyl (C=O) groups is 1. The molecule has 0 aromatic carbocycles. The second-order valence-corrected chi connectivity index (χ2v) is 8.40. The van der Waals surface area contributed by atoms with E-state index in [1.165, 1.54) is 18.6 Å². The van der Waals surface area contributed by atoms with Gasteiger partial charge in [0.15, 0.2) is 9.84 Å². The van der Waals surface area contributed by atoms with Gasteiger partial charge in [0, 0.05) is 13.2 Å². The second kappa shape index (κ2) is 6.29. The van der Waals surface area contributed by atoms with Crippen LogP contribution in [-0.4, -0.2) is 57.7 Å². The Morgan fingerprint density at radius 3 is 2.59 bits per heavy atom. The van der Waals surface area contributed by atoms with E-state index in [0.717, 1.165) is 0 Å². The summed E-state index contributed by atoms with van der Waals surface area (Å²) in [5.41, 5.74) is 0. The third-order valence-electron chi connectivity index (χ3n) is 3.83. The van der Waals surface area contributed by atoms with Crippen molar-refractivity contribution in [2.24, 2.45) is 0 Å². The van der Waals surface area contributed by atoms with Crippen LogP contribution < -0.4 is 5.32 Å². The first-order valence-electron chi connectivity index (χ1n) is 7.19. The average molecular weight is 331 g/mol. The van der Waals surface area contributed by atoms with E-state index >= 15 is 0 Å². The van der Waals surface area contributed by atoms with Crippen LogP contribution in [0.15, 0.2) is 0 Å². The van der Waals surface area contributed by atoms with E-state index in [9.17, 15) is 13.2 Å². The van der Waals surface area contributed by atoms with Crippen molar-refractivity contribution in [3.05, 3.63) is 0 Å². The van der Waals surface area contributed by atoms with Gasteiger partial charge in [0.25, 0.3) is 5.95 Å². The lowest BCUT2D eigenvalue weighted by atomic mass is 10.2. The molecule has 10 heteroatoms. The van der Waals surface area contributed by atoms with E-state index in [0.29, 0.717) is 32.6 Å². The summed E-state index contributed by atoms with van der Waals surface area (Å²) in [7, 11) is -3.65. The predicted molar refractivity (Wildman–Crippen MR) is 79.0 cm³/mol. The van der Waals surface area contributed by atoms with Gasteiger partial charge in [0.1, 0.15) is 4.75 Å². The van der Waals surface area contributed by atoms with Crippen molar-refractivity contribution < 1.29 is 17.9 Å². The molecule has 0 saturated carbocycles. The Bertz CT molecular complexity index is 634. The summed E-state index contributed by atoms with van der Waals surface area (Å²) in [5.74, 6) is -0.656. The number of aromatic nitrogens is 4. The zero-order valence-electron chi connectivity index (χ0n) is 12.9. The number of sulfone groups is 1. The van der Waals surface area contributed by atoms with E-state index in [4.69, 9.17) is 4.74 Å². The van der Waals surface area contributed by atoms with Crippen molar-refractivity contribution in [1.82, 2.24) is 20.2 Å². The topological polar surface area (TPSA) is 116 Å². The number of tetrazole rings is 1. The summed E-state index contributed by atoms with van der Waals surface area (Å²) in [4.78, 5) is 13.7. The first-order chi connectivity index (χ1) is 10.3. The molecule has 1 amide bonds. The molecular weight excluding hydrogens is 310 g/mol. The van der Waals surface area contributed by atoms with Gasteiger partial charge in [0.2, 0.25) is 5.91 Å². The zero-order chi connectivity index (χ0) is 16.4. The third-order valence-corrected chi connectivity index (χ3v) is 6.78. The van der Waals surface area contributed by atoms with Crippen LogP contribution in [0.5, 0.6) is 0 Å². The number of hydrogen-bond acceptors (Lipinski definition) is 7. The fraction of sp³-hybridized carbons (Fsp3) is 0.833. The molecule has 1 aliphatic heterocycles. The molecular formula is C12H21N5O4S. The maximum absolute atomic E-state index is 12.7. The van der Waals surface area contributed by atoms with Gasteiger partial charge in [-0.1, -0.05) is 5.10 Å². The molecule has 2 rings (SSSR count). The highest BCUT2D eigenvalue weighted by atomic mass is 32.2. The lowest BCUT2D eigenvalue weighted by Crippen LogP contribution is -2.50. The Kier molecular flexibility index (Phi) is 4.81. The van der Waals surface area contributed by atoms with Gasteiger partial charge in [-0.3, -0.25) is 10.1 Å². The number of amides is 1. The number of anilines is 1. The molecule has 0 spiro atoms. The molecule has 0 unspecified atom stereocenters. The highest BCUT2D eigenvalue weighted by Gasteiger charge is 2.46. The van der Waals surface area contributed by atoms with E-state index in [2.05, 4.69) is 20.7 Å². The van der Waals surface area contributed by atoms with Gasteiger partial charge >= 0.3 is 0 Å². The molecule has 1 fully saturated rings. The highest BCUT2D eigenvalue weighted by molar-refractivity contribution is 7.94. The van der Waals surface area contributed by atoms with Gasteiger partial charge in [-0.15, -0.1) is 5.10 Å². The predicted octanol–water partition coefficient (Wildman–Crippen LogP) is 0.00390. The van der Waals surface area contributed by atoms with Gasteiger partial charge in [-0.25, -0.2) is 8.42 Å². The Balaban J connectivity index is 2.15. The smallest absolute Gasteiger partial charge is 0.270 e. The fourth-order valence-electron chi connectivity index (χ4n) is 2.21. The number of carbonyl (C=O) groups excluding carboxylic acids is 1. The van der Waals surface area contributed by atoms with E-state index in [1.54, 1.807) is 0 Å². The van der Waals surface area contributed by atoms with Gasteiger partial charge < -0.3 is 4.74 Å². The minimum Gasteiger partial charge on any atom is -0.381 e. The van der Waals surface area contributed by atoms with E-state index < -0.39 is 25.7 Å². The molecule has 1 aliphatic rings. The van der Waals surface area contributed by atoms with Crippen LogP contribution in [0, 0.1) is 0 Å². The summed E-state index contributed by atoms with van der Waals surface area (Å²) >= 11 is 0. The molecule has 124 valence electrons. The fourth-order valence-corrected chi connectivity index (χ4v) is 4.17. The van der Waals surface area contributed by atoms with Crippen LogP contribution >= 0.6 is 0 Å². The lowest BCUT2D eigenvalue weighted by molar-refractivity contribution is -0.117. The second-order valence-electron chi connectivity index (χ2n) is 5.62. The van der Waals surface area contributed by atoms with Gasteiger partial charge in [-0.05, 0) is 38.8 Å². The molecule has 1 aromatic heterocycles. The molecule has 1 aromatic rings. The van der Waals surface area contributed by atoms with Crippen LogP contribution in [-0.2, 0) is 25.9 Å².